The topological polar surface area (TPSA) is 56.7 Å². The second-order valence-corrected chi connectivity index (χ2v) is 7.25. The van der Waals surface area contributed by atoms with E-state index in [1.54, 1.807) is 19.4 Å². The Bertz CT molecular complexity index is 762. The maximum atomic E-state index is 13.9. The number of piperazine rings is 1. The lowest BCUT2D eigenvalue weighted by Gasteiger charge is -2.36. The van der Waals surface area contributed by atoms with Gasteiger partial charge in [0.1, 0.15) is 5.82 Å². The number of halogens is 2. The highest BCUT2D eigenvalue weighted by molar-refractivity contribution is 9.10. The highest BCUT2D eigenvalue weighted by Gasteiger charge is 2.20. The van der Waals surface area contributed by atoms with Crippen LogP contribution in [-0.4, -0.2) is 60.6 Å². The van der Waals surface area contributed by atoms with Crippen molar-refractivity contribution in [2.75, 3.05) is 44.7 Å². The molecule has 0 bridgehead atoms. The zero-order valence-electron chi connectivity index (χ0n) is 15.4. The Morgan fingerprint density at radius 3 is 2.63 bits per heavy atom. The summed E-state index contributed by atoms with van der Waals surface area (Å²) in [6.07, 6.45) is 5.07. The van der Waals surface area contributed by atoms with E-state index in [9.17, 15) is 4.39 Å². The molecule has 1 fully saturated rings. The van der Waals surface area contributed by atoms with Gasteiger partial charge in [-0.25, -0.2) is 14.4 Å². The first-order chi connectivity index (χ1) is 13.2. The first-order valence-electron chi connectivity index (χ1n) is 9.09. The van der Waals surface area contributed by atoms with Crippen molar-refractivity contribution >= 4 is 27.8 Å². The number of benzene rings is 1. The summed E-state index contributed by atoms with van der Waals surface area (Å²) in [5, 5.41) is 3.39. The summed E-state index contributed by atoms with van der Waals surface area (Å²) in [5.74, 6) is 1.50. The van der Waals surface area contributed by atoms with Crippen LogP contribution in [0, 0.1) is 5.82 Å². The molecule has 1 aliphatic rings. The van der Waals surface area contributed by atoms with Gasteiger partial charge in [0.05, 0.1) is 0 Å². The van der Waals surface area contributed by atoms with Crippen LogP contribution in [0.3, 0.4) is 0 Å². The fourth-order valence-electron chi connectivity index (χ4n) is 3.11. The number of rotatable bonds is 5. The summed E-state index contributed by atoms with van der Waals surface area (Å²) in [6, 6.07) is 7.04. The van der Waals surface area contributed by atoms with Gasteiger partial charge in [0.2, 0.25) is 5.95 Å². The zero-order chi connectivity index (χ0) is 19.1. The van der Waals surface area contributed by atoms with Gasteiger partial charge in [0.15, 0.2) is 5.96 Å². The van der Waals surface area contributed by atoms with Crippen LogP contribution < -0.4 is 10.2 Å². The van der Waals surface area contributed by atoms with Crippen LogP contribution in [0.5, 0.6) is 0 Å². The largest absolute Gasteiger partial charge is 0.356 e. The molecule has 1 aliphatic heterocycles. The second-order valence-electron chi connectivity index (χ2n) is 6.34. The van der Waals surface area contributed by atoms with Crippen LogP contribution in [0.25, 0.3) is 0 Å². The number of aryl methyl sites for hydroxylation is 1. The van der Waals surface area contributed by atoms with Crippen molar-refractivity contribution in [3.63, 3.8) is 0 Å². The molecule has 1 N–H and O–H groups in total. The standard InChI is InChI=1S/C19H24BrFN6/c1-22-18(23-7-2-4-15-5-6-16(20)14-17(15)21)26-10-12-27(13-11-26)19-24-8-3-9-25-19/h3,5-6,8-9,14H,2,4,7,10-13H2,1H3,(H,22,23). The third-order valence-corrected chi connectivity index (χ3v) is 5.04. The Morgan fingerprint density at radius 2 is 1.96 bits per heavy atom. The van der Waals surface area contributed by atoms with Crippen molar-refractivity contribution in [2.24, 2.45) is 4.99 Å². The molecule has 27 heavy (non-hydrogen) atoms. The van der Waals surface area contributed by atoms with Crippen LogP contribution in [0.4, 0.5) is 10.3 Å². The van der Waals surface area contributed by atoms with Crippen LogP contribution in [0.15, 0.2) is 46.1 Å². The summed E-state index contributed by atoms with van der Waals surface area (Å²) in [7, 11) is 1.80. The number of aliphatic imine (C=N–C) groups is 1. The van der Waals surface area contributed by atoms with Gasteiger partial charge in [-0.05, 0) is 36.6 Å². The Labute approximate surface area is 167 Å². The minimum absolute atomic E-state index is 0.159. The molecule has 0 radical (unpaired) electrons. The summed E-state index contributed by atoms with van der Waals surface area (Å²) in [5.41, 5.74) is 0.742. The number of nitrogens with one attached hydrogen (secondary N) is 1. The smallest absolute Gasteiger partial charge is 0.225 e. The number of nitrogens with zero attached hydrogens (tertiary/aromatic N) is 5. The molecule has 0 amide bonds. The monoisotopic (exact) mass is 434 g/mol. The van der Waals surface area contributed by atoms with E-state index in [4.69, 9.17) is 0 Å². The first kappa shape index (κ1) is 19.5. The number of hydrogen-bond acceptors (Lipinski definition) is 4. The van der Waals surface area contributed by atoms with Crippen molar-refractivity contribution in [2.45, 2.75) is 12.8 Å². The molecule has 0 unspecified atom stereocenters. The van der Waals surface area contributed by atoms with Gasteiger partial charge in [-0.15, -0.1) is 0 Å². The SMILES string of the molecule is CN=C(NCCCc1ccc(Br)cc1F)N1CCN(c2ncccn2)CC1. The number of anilines is 1. The lowest BCUT2D eigenvalue weighted by Crippen LogP contribution is -2.53. The molecule has 1 aromatic carbocycles. The fourth-order valence-corrected chi connectivity index (χ4v) is 3.44. The van der Waals surface area contributed by atoms with Gasteiger partial charge in [-0.3, -0.25) is 4.99 Å². The average molecular weight is 435 g/mol. The summed E-state index contributed by atoms with van der Waals surface area (Å²) in [4.78, 5) is 17.4. The van der Waals surface area contributed by atoms with E-state index < -0.39 is 0 Å². The molecular weight excluding hydrogens is 411 g/mol. The highest BCUT2D eigenvalue weighted by atomic mass is 79.9. The maximum absolute atomic E-state index is 13.9. The minimum atomic E-state index is -0.159. The Kier molecular flexibility index (Phi) is 6.98. The Hall–Kier alpha value is -2.22. The molecule has 8 heteroatoms. The minimum Gasteiger partial charge on any atom is -0.356 e. The van der Waals surface area contributed by atoms with Gasteiger partial charge >= 0.3 is 0 Å². The quantitative estimate of drug-likeness (QED) is 0.445. The van der Waals surface area contributed by atoms with Crippen molar-refractivity contribution < 1.29 is 4.39 Å². The van der Waals surface area contributed by atoms with Crippen LogP contribution in [0.2, 0.25) is 0 Å². The third-order valence-electron chi connectivity index (χ3n) is 4.55. The van der Waals surface area contributed by atoms with E-state index in [-0.39, 0.29) is 5.82 Å². The van der Waals surface area contributed by atoms with Gasteiger partial charge in [-0.1, -0.05) is 22.0 Å². The molecule has 1 aromatic heterocycles. The van der Waals surface area contributed by atoms with E-state index in [1.807, 2.05) is 18.2 Å². The zero-order valence-corrected chi connectivity index (χ0v) is 17.0. The molecule has 0 saturated carbocycles. The van der Waals surface area contributed by atoms with E-state index in [1.165, 1.54) is 6.07 Å². The molecule has 0 aliphatic carbocycles. The van der Waals surface area contributed by atoms with Gasteiger partial charge < -0.3 is 15.1 Å². The van der Waals surface area contributed by atoms with Crippen molar-refractivity contribution in [1.82, 2.24) is 20.2 Å². The molecule has 144 valence electrons. The van der Waals surface area contributed by atoms with E-state index in [0.717, 1.165) is 61.1 Å². The van der Waals surface area contributed by atoms with Crippen molar-refractivity contribution in [3.8, 4) is 0 Å². The number of guanidine groups is 1. The molecule has 2 aromatic rings. The highest BCUT2D eigenvalue weighted by Crippen LogP contribution is 2.16. The maximum Gasteiger partial charge on any atom is 0.225 e. The fraction of sp³-hybridized carbons (Fsp3) is 0.421. The predicted octanol–water partition coefficient (Wildman–Crippen LogP) is 2.71. The number of aromatic nitrogens is 2. The predicted molar refractivity (Wildman–Crippen MR) is 110 cm³/mol. The van der Waals surface area contributed by atoms with Gasteiger partial charge in [0, 0.05) is 56.6 Å². The van der Waals surface area contributed by atoms with E-state index in [0.29, 0.717) is 6.42 Å². The average Bonchev–Trinajstić information content (AvgIpc) is 2.70. The van der Waals surface area contributed by atoms with Crippen LogP contribution in [0.1, 0.15) is 12.0 Å². The van der Waals surface area contributed by atoms with Crippen LogP contribution in [-0.2, 0) is 6.42 Å². The lowest BCUT2D eigenvalue weighted by molar-refractivity contribution is 0.370. The van der Waals surface area contributed by atoms with Gasteiger partial charge in [-0.2, -0.15) is 0 Å². The summed E-state index contributed by atoms with van der Waals surface area (Å²) >= 11 is 3.28. The molecule has 1 saturated heterocycles. The summed E-state index contributed by atoms with van der Waals surface area (Å²) < 4.78 is 14.6. The normalized spacial score (nSPS) is 15.1. The molecule has 3 rings (SSSR count). The summed E-state index contributed by atoms with van der Waals surface area (Å²) in [6.45, 7) is 4.19. The molecular formula is C19H24BrFN6. The third kappa shape index (κ3) is 5.38. The molecule has 0 spiro atoms. The number of hydrogen-bond donors (Lipinski definition) is 1. The second kappa shape index (κ2) is 9.64. The van der Waals surface area contributed by atoms with Gasteiger partial charge in [0.25, 0.3) is 0 Å². The van der Waals surface area contributed by atoms with Crippen molar-refractivity contribution in [3.05, 3.63) is 52.5 Å². The molecule has 6 nitrogen and oxygen atoms in total. The van der Waals surface area contributed by atoms with E-state index >= 15 is 0 Å². The Morgan fingerprint density at radius 1 is 1.22 bits per heavy atom. The van der Waals surface area contributed by atoms with Crippen LogP contribution >= 0.6 is 15.9 Å². The molecule has 0 atom stereocenters. The lowest BCUT2D eigenvalue weighted by atomic mass is 10.1. The molecule has 2 heterocycles. The Balaban J connectivity index is 1.43. The van der Waals surface area contributed by atoms with Crippen molar-refractivity contribution in [1.29, 1.82) is 0 Å². The first-order valence-corrected chi connectivity index (χ1v) is 9.88. The van der Waals surface area contributed by atoms with E-state index in [2.05, 4.69) is 46.0 Å².